The monoisotopic (exact) mass is 343 g/mol. The SMILES string of the molecule is CCCNCC(OCCOC(C)C)c1cccc(Br)c1. The van der Waals surface area contributed by atoms with Crippen molar-refractivity contribution < 1.29 is 9.47 Å². The van der Waals surface area contributed by atoms with E-state index >= 15 is 0 Å². The van der Waals surface area contributed by atoms with Crippen molar-refractivity contribution in [1.82, 2.24) is 5.32 Å². The van der Waals surface area contributed by atoms with Crippen LogP contribution >= 0.6 is 15.9 Å². The van der Waals surface area contributed by atoms with Gasteiger partial charge in [-0.05, 0) is 44.5 Å². The minimum atomic E-state index is 0.0646. The Morgan fingerprint density at radius 1 is 1.20 bits per heavy atom. The lowest BCUT2D eigenvalue weighted by atomic mass is 10.1. The zero-order valence-electron chi connectivity index (χ0n) is 12.7. The lowest BCUT2D eigenvalue weighted by molar-refractivity contribution is -0.0129. The minimum absolute atomic E-state index is 0.0646. The predicted molar refractivity (Wildman–Crippen MR) is 87.1 cm³/mol. The van der Waals surface area contributed by atoms with Crippen LogP contribution < -0.4 is 5.32 Å². The number of hydrogen-bond donors (Lipinski definition) is 1. The average Bonchev–Trinajstić information content (AvgIpc) is 2.41. The summed E-state index contributed by atoms with van der Waals surface area (Å²) >= 11 is 3.51. The van der Waals surface area contributed by atoms with Gasteiger partial charge in [0.05, 0.1) is 25.4 Å². The molecule has 1 atom stereocenters. The second-order valence-electron chi connectivity index (χ2n) is 5.04. The Morgan fingerprint density at radius 2 is 1.95 bits per heavy atom. The third-order valence-corrected chi connectivity index (χ3v) is 3.32. The van der Waals surface area contributed by atoms with Gasteiger partial charge in [0.25, 0.3) is 0 Å². The van der Waals surface area contributed by atoms with Gasteiger partial charge in [0, 0.05) is 11.0 Å². The molecule has 0 saturated carbocycles. The van der Waals surface area contributed by atoms with E-state index < -0.39 is 0 Å². The average molecular weight is 344 g/mol. The first-order valence-corrected chi connectivity index (χ1v) is 8.12. The molecule has 0 amide bonds. The van der Waals surface area contributed by atoms with Crippen LogP contribution in [0.5, 0.6) is 0 Å². The van der Waals surface area contributed by atoms with E-state index in [-0.39, 0.29) is 12.2 Å². The maximum atomic E-state index is 5.97. The van der Waals surface area contributed by atoms with Crippen LogP contribution in [0.25, 0.3) is 0 Å². The predicted octanol–water partition coefficient (Wildman–Crippen LogP) is 3.93. The highest BCUT2D eigenvalue weighted by molar-refractivity contribution is 9.10. The van der Waals surface area contributed by atoms with Crippen LogP contribution in [-0.4, -0.2) is 32.4 Å². The van der Waals surface area contributed by atoms with Crippen LogP contribution in [0, 0.1) is 0 Å². The van der Waals surface area contributed by atoms with Crippen molar-refractivity contribution >= 4 is 15.9 Å². The summed E-state index contributed by atoms with van der Waals surface area (Å²) < 4.78 is 12.6. The molecule has 0 bridgehead atoms. The molecule has 0 saturated heterocycles. The summed E-state index contributed by atoms with van der Waals surface area (Å²) in [7, 11) is 0. The summed E-state index contributed by atoms with van der Waals surface area (Å²) in [4.78, 5) is 0. The van der Waals surface area contributed by atoms with Gasteiger partial charge in [-0.2, -0.15) is 0 Å². The second kappa shape index (κ2) is 10.3. The van der Waals surface area contributed by atoms with E-state index in [1.54, 1.807) is 0 Å². The first-order valence-electron chi connectivity index (χ1n) is 7.32. The van der Waals surface area contributed by atoms with Gasteiger partial charge >= 0.3 is 0 Å². The Balaban J connectivity index is 2.51. The van der Waals surface area contributed by atoms with E-state index in [1.807, 2.05) is 26.0 Å². The van der Waals surface area contributed by atoms with E-state index in [4.69, 9.17) is 9.47 Å². The van der Waals surface area contributed by atoms with Crippen molar-refractivity contribution in [1.29, 1.82) is 0 Å². The molecule has 0 aliphatic carbocycles. The molecule has 114 valence electrons. The number of benzene rings is 1. The maximum Gasteiger partial charge on any atom is 0.0950 e. The third kappa shape index (κ3) is 7.39. The molecule has 1 aromatic carbocycles. The molecule has 1 N–H and O–H groups in total. The molecule has 0 radical (unpaired) electrons. The fourth-order valence-electron chi connectivity index (χ4n) is 1.86. The molecule has 0 heterocycles. The Labute approximate surface area is 131 Å². The Hall–Kier alpha value is -0.420. The topological polar surface area (TPSA) is 30.5 Å². The largest absolute Gasteiger partial charge is 0.376 e. The molecule has 0 aromatic heterocycles. The van der Waals surface area contributed by atoms with E-state index in [9.17, 15) is 0 Å². The van der Waals surface area contributed by atoms with Crippen LogP contribution in [-0.2, 0) is 9.47 Å². The highest BCUT2D eigenvalue weighted by atomic mass is 79.9. The first kappa shape index (κ1) is 17.6. The maximum absolute atomic E-state index is 5.97. The normalized spacial score (nSPS) is 12.8. The molecular weight excluding hydrogens is 318 g/mol. The Bertz CT molecular complexity index is 371. The number of rotatable bonds is 10. The van der Waals surface area contributed by atoms with E-state index in [1.165, 1.54) is 5.56 Å². The highest BCUT2D eigenvalue weighted by Gasteiger charge is 2.12. The third-order valence-electron chi connectivity index (χ3n) is 2.83. The molecule has 1 aromatic rings. The van der Waals surface area contributed by atoms with Crippen LogP contribution in [0.4, 0.5) is 0 Å². The zero-order valence-corrected chi connectivity index (χ0v) is 14.3. The van der Waals surface area contributed by atoms with Gasteiger partial charge in [0.15, 0.2) is 0 Å². The molecule has 4 heteroatoms. The molecular formula is C16H26BrNO2. The summed E-state index contributed by atoms with van der Waals surface area (Å²) in [5, 5.41) is 3.42. The molecule has 1 unspecified atom stereocenters. The number of halogens is 1. The van der Waals surface area contributed by atoms with Crippen molar-refractivity contribution in [3.63, 3.8) is 0 Å². The lowest BCUT2D eigenvalue weighted by Gasteiger charge is -2.20. The van der Waals surface area contributed by atoms with Crippen molar-refractivity contribution in [3.8, 4) is 0 Å². The second-order valence-corrected chi connectivity index (χ2v) is 5.95. The molecule has 0 aliphatic heterocycles. The minimum Gasteiger partial charge on any atom is -0.376 e. The van der Waals surface area contributed by atoms with Crippen molar-refractivity contribution in [2.75, 3.05) is 26.3 Å². The highest BCUT2D eigenvalue weighted by Crippen LogP contribution is 2.20. The molecule has 3 nitrogen and oxygen atoms in total. The molecule has 0 aliphatic rings. The zero-order chi connectivity index (χ0) is 14.8. The summed E-state index contributed by atoms with van der Waals surface area (Å²) in [5.41, 5.74) is 1.19. The number of ether oxygens (including phenoxy) is 2. The standard InChI is InChI=1S/C16H26BrNO2/c1-4-8-18-12-16(20-10-9-19-13(2)3)14-6-5-7-15(17)11-14/h5-7,11,13,16,18H,4,8-10,12H2,1-3H3. The van der Waals surface area contributed by atoms with E-state index in [2.05, 4.69) is 40.3 Å². The number of hydrogen-bond acceptors (Lipinski definition) is 3. The van der Waals surface area contributed by atoms with Gasteiger partial charge in [0.2, 0.25) is 0 Å². The van der Waals surface area contributed by atoms with Crippen molar-refractivity contribution in [2.45, 2.75) is 39.4 Å². The molecule has 20 heavy (non-hydrogen) atoms. The number of nitrogens with one attached hydrogen (secondary N) is 1. The fourth-order valence-corrected chi connectivity index (χ4v) is 2.28. The molecule has 0 spiro atoms. The Kier molecular flexibility index (Phi) is 9.10. The van der Waals surface area contributed by atoms with Gasteiger partial charge in [-0.25, -0.2) is 0 Å². The molecule has 0 fully saturated rings. The summed E-state index contributed by atoms with van der Waals surface area (Å²) in [6.45, 7) is 9.32. The smallest absolute Gasteiger partial charge is 0.0950 e. The van der Waals surface area contributed by atoms with Crippen LogP contribution in [0.3, 0.4) is 0 Å². The van der Waals surface area contributed by atoms with Crippen LogP contribution in [0.15, 0.2) is 28.7 Å². The van der Waals surface area contributed by atoms with Crippen molar-refractivity contribution in [3.05, 3.63) is 34.3 Å². The van der Waals surface area contributed by atoms with Gasteiger partial charge in [0.1, 0.15) is 0 Å². The van der Waals surface area contributed by atoms with E-state index in [0.717, 1.165) is 24.0 Å². The van der Waals surface area contributed by atoms with Gasteiger partial charge in [-0.15, -0.1) is 0 Å². The van der Waals surface area contributed by atoms with Crippen LogP contribution in [0.1, 0.15) is 38.9 Å². The van der Waals surface area contributed by atoms with Crippen molar-refractivity contribution in [2.24, 2.45) is 0 Å². The first-order chi connectivity index (χ1) is 9.63. The molecule has 1 rings (SSSR count). The summed E-state index contributed by atoms with van der Waals surface area (Å²) in [6, 6.07) is 8.29. The van der Waals surface area contributed by atoms with Gasteiger partial charge in [-0.3, -0.25) is 0 Å². The quantitative estimate of drug-likeness (QED) is 0.653. The van der Waals surface area contributed by atoms with Gasteiger partial charge < -0.3 is 14.8 Å². The van der Waals surface area contributed by atoms with Crippen LogP contribution in [0.2, 0.25) is 0 Å². The fraction of sp³-hybridized carbons (Fsp3) is 0.625. The summed E-state index contributed by atoms with van der Waals surface area (Å²) in [6.07, 6.45) is 1.44. The van der Waals surface area contributed by atoms with E-state index in [0.29, 0.717) is 13.2 Å². The summed E-state index contributed by atoms with van der Waals surface area (Å²) in [5.74, 6) is 0. The lowest BCUT2D eigenvalue weighted by Crippen LogP contribution is -2.25. The van der Waals surface area contributed by atoms with Gasteiger partial charge in [-0.1, -0.05) is 35.0 Å². The Morgan fingerprint density at radius 3 is 2.60 bits per heavy atom.